The van der Waals surface area contributed by atoms with Gasteiger partial charge in [0.2, 0.25) is 0 Å². The summed E-state index contributed by atoms with van der Waals surface area (Å²) >= 11 is 0. The standard InChI is InChI=1S/C14H31NO/c1-13(2)9-7-5-6-8-10-15-11-12-16-14(3)4/h13-15H,5-12H2,1-4H3. The van der Waals surface area contributed by atoms with Crippen LogP contribution in [-0.2, 0) is 4.74 Å². The SMILES string of the molecule is CC(C)CCCCCCNCCOC(C)C. The van der Waals surface area contributed by atoms with E-state index < -0.39 is 0 Å². The Hall–Kier alpha value is -0.0800. The second kappa shape index (κ2) is 11.4. The van der Waals surface area contributed by atoms with Crippen molar-refractivity contribution in [2.24, 2.45) is 5.92 Å². The van der Waals surface area contributed by atoms with Crippen molar-refractivity contribution in [3.8, 4) is 0 Å². The molecule has 2 nitrogen and oxygen atoms in total. The molecule has 2 heteroatoms. The van der Waals surface area contributed by atoms with Gasteiger partial charge in [0.25, 0.3) is 0 Å². The van der Waals surface area contributed by atoms with Gasteiger partial charge in [0, 0.05) is 6.54 Å². The highest BCUT2D eigenvalue weighted by atomic mass is 16.5. The molecule has 1 N–H and O–H groups in total. The van der Waals surface area contributed by atoms with Crippen LogP contribution >= 0.6 is 0 Å². The Bertz CT molecular complexity index is 119. The Balaban J connectivity index is 2.93. The molecule has 0 aromatic carbocycles. The van der Waals surface area contributed by atoms with Crippen LogP contribution in [0.5, 0.6) is 0 Å². The zero-order chi connectivity index (χ0) is 12.2. The normalized spacial score (nSPS) is 11.6. The van der Waals surface area contributed by atoms with Crippen molar-refractivity contribution < 1.29 is 4.74 Å². The Morgan fingerprint density at radius 1 is 0.875 bits per heavy atom. The van der Waals surface area contributed by atoms with Gasteiger partial charge in [0.1, 0.15) is 0 Å². The van der Waals surface area contributed by atoms with Crippen LogP contribution < -0.4 is 5.32 Å². The molecule has 0 spiro atoms. The van der Waals surface area contributed by atoms with E-state index in [4.69, 9.17) is 4.74 Å². The minimum atomic E-state index is 0.359. The number of rotatable bonds is 11. The first-order valence-corrected chi connectivity index (χ1v) is 6.95. The lowest BCUT2D eigenvalue weighted by molar-refractivity contribution is 0.0809. The van der Waals surface area contributed by atoms with Gasteiger partial charge in [-0.1, -0.05) is 39.5 Å². The summed E-state index contributed by atoms with van der Waals surface area (Å²) in [6, 6.07) is 0. The molecule has 0 aromatic rings. The topological polar surface area (TPSA) is 21.3 Å². The van der Waals surface area contributed by atoms with E-state index in [-0.39, 0.29) is 0 Å². The van der Waals surface area contributed by atoms with Crippen molar-refractivity contribution in [2.75, 3.05) is 19.7 Å². The van der Waals surface area contributed by atoms with Crippen LogP contribution in [0.3, 0.4) is 0 Å². The molecular formula is C14H31NO. The van der Waals surface area contributed by atoms with Crippen molar-refractivity contribution in [3.05, 3.63) is 0 Å². The van der Waals surface area contributed by atoms with Crippen LogP contribution in [-0.4, -0.2) is 25.8 Å². The first kappa shape index (κ1) is 15.9. The van der Waals surface area contributed by atoms with Crippen molar-refractivity contribution in [1.29, 1.82) is 0 Å². The van der Waals surface area contributed by atoms with E-state index in [0.29, 0.717) is 6.10 Å². The molecule has 98 valence electrons. The highest BCUT2D eigenvalue weighted by molar-refractivity contribution is 4.51. The van der Waals surface area contributed by atoms with E-state index in [9.17, 15) is 0 Å². The van der Waals surface area contributed by atoms with E-state index in [1.807, 2.05) is 0 Å². The molecule has 0 amide bonds. The molecule has 0 rings (SSSR count). The average Bonchev–Trinajstić information content (AvgIpc) is 2.20. The summed E-state index contributed by atoms with van der Waals surface area (Å²) < 4.78 is 5.45. The zero-order valence-electron chi connectivity index (χ0n) is 11.7. The highest BCUT2D eigenvalue weighted by Gasteiger charge is 1.95. The maximum Gasteiger partial charge on any atom is 0.0594 e. The molecule has 0 aliphatic carbocycles. The zero-order valence-corrected chi connectivity index (χ0v) is 11.7. The lowest BCUT2D eigenvalue weighted by Crippen LogP contribution is -2.22. The summed E-state index contributed by atoms with van der Waals surface area (Å²) in [5.41, 5.74) is 0. The predicted molar refractivity (Wildman–Crippen MR) is 71.9 cm³/mol. The molecule has 0 bridgehead atoms. The van der Waals surface area contributed by atoms with Gasteiger partial charge >= 0.3 is 0 Å². The van der Waals surface area contributed by atoms with Crippen LogP contribution in [0, 0.1) is 5.92 Å². The molecule has 0 radical (unpaired) electrons. The Morgan fingerprint density at radius 2 is 1.56 bits per heavy atom. The fourth-order valence-electron chi connectivity index (χ4n) is 1.65. The smallest absolute Gasteiger partial charge is 0.0594 e. The number of unbranched alkanes of at least 4 members (excludes halogenated alkanes) is 3. The van der Waals surface area contributed by atoms with Crippen molar-refractivity contribution in [1.82, 2.24) is 5.32 Å². The van der Waals surface area contributed by atoms with Gasteiger partial charge in [-0.25, -0.2) is 0 Å². The third-order valence-corrected chi connectivity index (χ3v) is 2.62. The van der Waals surface area contributed by atoms with Gasteiger partial charge in [0.15, 0.2) is 0 Å². The van der Waals surface area contributed by atoms with Crippen LogP contribution in [0.4, 0.5) is 0 Å². The molecule has 0 aromatic heterocycles. The van der Waals surface area contributed by atoms with E-state index in [1.165, 1.54) is 32.1 Å². The maximum atomic E-state index is 5.45. The summed E-state index contributed by atoms with van der Waals surface area (Å²) in [6.45, 7) is 11.7. The van der Waals surface area contributed by atoms with Gasteiger partial charge in [0.05, 0.1) is 12.7 Å². The molecule has 0 saturated carbocycles. The molecular weight excluding hydrogens is 198 g/mol. The molecule has 0 fully saturated rings. The average molecular weight is 229 g/mol. The monoisotopic (exact) mass is 229 g/mol. The second-order valence-electron chi connectivity index (χ2n) is 5.27. The Morgan fingerprint density at radius 3 is 2.19 bits per heavy atom. The third-order valence-electron chi connectivity index (χ3n) is 2.62. The van der Waals surface area contributed by atoms with Gasteiger partial charge in [-0.2, -0.15) is 0 Å². The van der Waals surface area contributed by atoms with Crippen LogP contribution in [0.2, 0.25) is 0 Å². The Labute approximate surface area is 102 Å². The molecule has 0 aliphatic heterocycles. The fraction of sp³-hybridized carbons (Fsp3) is 1.00. The summed E-state index contributed by atoms with van der Waals surface area (Å²) in [4.78, 5) is 0. The third kappa shape index (κ3) is 13.9. The number of ether oxygens (including phenoxy) is 1. The van der Waals surface area contributed by atoms with Gasteiger partial charge in [-0.05, 0) is 32.7 Å². The molecule has 0 unspecified atom stereocenters. The van der Waals surface area contributed by atoms with E-state index in [2.05, 4.69) is 33.0 Å². The first-order valence-electron chi connectivity index (χ1n) is 6.95. The van der Waals surface area contributed by atoms with E-state index >= 15 is 0 Å². The first-order chi connectivity index (χ1) is 7.63. The van der Waals surface area contributed by atoms with Crippen LogP contribution in [0.25, 0.3) is 0 Å². The highest BCUT2D eigenvalue weighted by Crippen LogP contribution is 2.08. The van der Waals surface area contributed by atoms with Gasteiger partial charge < -0.3 is 10.1 Å². The van der Waals surface area contributed by atoms with E-state index in [0.717, 1.165) is 25.6 Å². The largest absolute Gasteiger partial charge is 0.377 e. The van der Waals surface area contributed by atoms with Crippen LogP contribution in [0.1, 0.15) is 59.8 Å². The summed E-state index contributed by atoms with van der Waals surface area (Å²) in [7, 11) is 0. The molecule has 0 saturated heterocycles. The summed E-state index contributed by atoms with van der Waals surface area (Å²) in [5, 5.41) is 3.42. The number of nitrogens with one attached hydrogen (secondary N) is 1. The summed E-state index contributed by atoms with van der Waals surface area (Å²) in [6.07, 6.45) is 7.20. The minimum absolute atomic E-state index is 0.359. The van der Waals surface area contributed by atoms with E-state index in [1.54, 1.807) is 0 Å². The molecule has 0 heterocycles. The number of hydrogen-bond donors (Lipinski definition) is 1. The second-order valence-corrected chi connectivity index (χ2v) is 5.27. The molecule has 0 aliphatic rings. The predicted octanol–water partition coefficient (Wildman–Crippen LogP) is 3.61. The number of hydrogen-bond acceptors (Lipinski definition) is 2. The maximum absolute atomic E-state index is 5.45. The molecule has 16 heavy (non-hydrogen) atoms. The lowest BCUT2D eigenvalue weighted by Gasteiger charge is -2.08. The quantitative estimate of drug-likeness (QED) is 0.547. The fourth-order valence-corrected chi connectivity index (χ4v) is 1.65. The van der Waals surface area contributed by atoms with Crippen molar-refractivity contribution in [3.63, 3.8) is 0 Å². The molecule has 0 atom stereocenters. The lowest BCUT2D eigenvalue weighted by atomic mass is 10.0. The van der Waals surface area contributed by atoms with Gasteiger partial charge in [-0.15, -0.1) is 0 Å². The summed E-state index contributed by atoms with van der Waals surface area (Å²) in [5.74, 6) is 0.867. The van der Waals surface area contributed by atoms with Crippen molar-refractivity contribution >= 4 is 0 Å². The minimum Gasteiger partial charge on any atom is -0.377 e. The van der Waals surface area contributed by atoms with Crippen molar-refractivity contribution in [2.45, 2.75) is 65.9 Å². The van der Waals surface area contributed by atoms with Gasteiger partial charge in [-0.3, -0.25) is 0 Å². The Kier molecular flexibility index (Phi) is 11.3. The van der Waals surface area contributed by atoms with Crippen LogP contribution in [0.15, 0.2) is 0 Å².